The normalized spacial score (nSPS) is 27.6. The van der Waals surface area contributed by atoms with Crippen LogP contribution in [0.4, 0.5) is 10.6 Å². The van der Waals surface area contributed by atoms with Crippen LogP contribution in [0, 0.1) is 17.8 Å². The summed E-state index contributed by atoms with van der Waals surface area (Å²) in [5, 5.41) is 23.9. The minimum atomic E-state index is -1.41. The van der Waals surface area contributed by atoms with Crippen LogP contribution >= 0.6 is 0 Å². The number of likely N-dealkylation sites (tertiary alicyclic amines) is 1. The van der Waals surface area contributed by atoms with Gasteiger partial charge in [-0.2, -0.15) is 0 Å². The summed E-state index contributed by atoms with van der Waals surface area (Å²) >= 11 is 0. The average Bonchev–Trinajstić information content (AvgIpc) is 3.34. The SMILES string of the molecule is CC.Nc1nc(C#CCC2CCN(C(=O)OC3CCOC3)CC2)nc2c1ncn2[C@@H]1O[C@H](C(=O)NC2CC2)[C@H](O)C1O. The lowest BCUT2D eigenvalue weighted by atomic mass is 9.94. The second-order valence-corrected chi connectivity index (χ2v) is 10.8. The number of nitrogens with zero attached hydrogens (tertiary/aromatic N) is 5. The van der Waals surface area contributed by atoms with E-state index in [9.17, 15) is 19.8 Å². The maximum absolute atomic E-state index is 12.5. The van der Waals surface area contributed by atoms with Gasteiger partial charge >= 0.3 is 6.09 Å². The van der Waals surface area contributed by atoms with Gasteiger partial charge in [-0.15, -0.1) is 0 Å². The van der Waals surface area contributed by atoms with Crippen molar-refractivity contribution in [1.29, 1.82) is 0 Å². The molecular formula is C28H39N7O7. The van der Waals surface area contributed by atoms with Gasteiger partial charge in [-0.3, -0.25) is 9.36 Å². The van der Waals surface area contributed by atoms with Gasteiger partial charge in [0.25, 0.3) is 5.91 Å². The molecule has 2 aromatic rings. The highest BCUT2D eigenvalue weighted by atomic mass is 16.6. The van der Waals surface area contributed by atoms with E-state index in [1.54, 1.807) is 4.90 Å². The second kappa shape index (κ2) is 13.2. The third-order valence-electron chi connectivity index (χ3n) is 7.76. The Morgan fingerprint density at radius 2 is 1.90 bits per heavy atom. The van der Waals surface area contributed by atoms with Crippen molar-refractivity contribution in [2.75, 3.05) is 32.0 Å². The van der Waals surface area contributed by atoms with E-state index in [1.165, 1.54) is 10.9 Å². The Morgan fingerprint density at radius 3 is 2.60 bits per heavy atom. The first-order valence-electron chi connectivity index (χ1n) is 14.7. The van der Waals surface area contributed by atoms with Gasteiger partial charge in [0.1, 0.15) is 23.8 Å². The van der Waals surface area contributed by atoms with Gasteiger partial charge in [0.2, 0.25) is 5.82 Å². The number of nitrogens with two attached hydrogens (primary N) is 1. The number of carbonyl (C=O) groups excluding carboxylic acids is 2. The van der Waals surface area contributed by atoms with Gasteiger partial charge in [-0.05, 0) is 37.5 Å². The molecular weight excluding hydrogens is 546 g/mol. The topological polar surface area (TPSA) is 187 Å². The highest BCUT2D eigenvalue weighted by Crippen LogP contribution is 2.33. The number of aliphatic hydroxyl groups is 2. The van der Waals surface area contributed by atoms with E-state index in [1.807, 2.05) is 13.8 Å². The Hall–Kier alpha value is -3.51. The van der Waals surface area contributed by atoms with E-state index in [4.69, 9.17) is 19.9 Å². The highest BCUT2D eigenvalue weighted by molar-refractivity contribution is 5.83. The monoisotopic (exact) mass is 585 g/mol. The van der Waals surface area contributed by atoms with Gasteiger partial charge in [0.05, 0.1) is 19.5 Å². The van der Waals surface area contributed by atoms with E-state index >= 15 is 0 Å². The van der Waals surface area contributed by atoms with Crippen LogP contribution in [-0.2, 0) is 19.0 Å². The molecule has 4 aliphatic rings. The number of rotatable bonds is 5. The minimum Gasteiger partial charge on any atom is -0.444 e. The molecule has 3 saturated heterocycles. The molecule has 2 amide bonds. The van der Waals surface area contributed by atoms with Gasteiger partial charge in [-0.25, -0.2) is 19.7 Å². The lowest BCUT2D eigenvalue weighted by Crippen LogP contribution is -2.43. The zero-order valence-corrected chi connectivity index (χ0v) is 23.9. The summed E-state index contributed by atoms with van der Waals surface area (Å²) in [4.78, 5) is 39.5. The number of aliphatic hydroxyl groups excluding tert-OH is 2. The van der Waals surface area contributed by atoms with E-state index in [-0.39, 0.29) is 35.5 Å². The van der Waals surface area contributed by atoms with Crippen LogP contribution in [0.5, 0.6) is 0 Å². The lowest BCUT2D eigenvalue weighted by Gasteiger charge is -2.31. The molecule has 4 fully saturated rings. The first-order valence-corrected chi connectivity index (χ1v) is 14.7. The first kappa shape index (κ1) is 30.0. The maximum atomic E-state index is 12.5. The Bertz CT molecular complexity index is 1320. The van der Waals surface area contributed by atoms with Crippen molar-refractivity contribution in [2.24, 2.45) is 5.92 Å². The molecule has 0 radical (unpaired) electrons. The number of anilines is 1. The zero-order chi connectivity index (χ0) is 29.8. The molecule has 0 spiro atoms. The highest BCUT2D eigenvalue weighted by Gasteiger charge is 2.48. The van der Waals surface area contributed by atoms with Crippen LogP contribution < -0.4 is 11.1 Å². The molecule has 6 rings (SSSR count). The molecule has 2 unspecified atom stereocenters. The van der Waals surface area contributed by atoms with Crippen molar-refractivity contribution >= 4 is 29.0 Å². The standard InChI is InChI=1S/C26H33N7O7.C2H6/c27-22-18-23(33(13-28-18)25-20(35)19(34)21(40-25)24(36)29-15-4-5-15)31-17(30-22)3-1-2-14-6-9-32(10-7-14)26(37)39-16-8-11-38-12-16;1-2/h13-16,19-21,25,34-35H,2,4-12H2,(H,29,36)(H2,27,30,31);1-2H3/t16?,19-,20?,21+,25-;/m1./s1. The number of ether oxygens (including phenoxy) is 3. The fourth-order valence-electron chi connectivity index (χ4n) is 5.21. The van der Waals surface area contributed by atoms with Crippen molar-refractivity contribution in [3.63, 3.8) is 0 Å². The van der Waals surface area contributed by atoms with Crippen LogP contribution in [0.1, 0.15) is 64.4 Å². The Kier molecular flexibility index (Phi) is 9.42. The molecule has 14 nitrogen and oxygen atoms in total. The van der Waals surface area contributed by atoms with Crippen molar-refractivity contribution in [3.8, 4) is 11.8 Å². The molecule has 0 bridgehead atoms. The Labute approximate surface area is 243 Å². The number of imidazole rings is 1. The summed E-state index contributed by atoms with van der Waals surface area (Å²) in [7, 11) is 0. The minimum absolute atomic E-state index is 0.0865. The van der Waals surface area contributed by atoms with Crippen LogP contribution in [0.3, 0.4) is 0 Å². The van der Waals surface area contributed by atoms with Crippen LogP contribution in [0.2, 0.25) is 0 Å². The Morgan fingerprint density at radius 1 is 1.14 bits per heavy atom. The van der Waals surface area contributed by atoms with Crippen molar-refractivity contribution in [3.05, 3.63) is 12.2 Å². The van der Waals surface area contributed by atoms with Crippen LogP contribution in [0.25, 0.3) is 11.2 Å². The van der Waals surface area contributed by atoms with E-state index in [0.717, 1.165) is 32.1 Å². The summed E-state index contributed by atoms with van der Waals surface area (Å²) in [6, 6.07) is 0.0865. The predicted octanol–water partition coefficient (Wildman–Crippen LogP) is 0.712. The summed E-state index contributed by atoms with van der Waals surface area (Å²) in [5.41, 5.74) is 6.69. The number of hydrogen-bond acceptors (Lipinski definition) is 11. The smallest absolute Gasteiger partial charge is 0.410 e. The van der Waals surface area contributed by atoms with Crippen LogP contribution in [0.15, 0.2) is 6.33 Å². The van der Waals surface area contributed by atoms with E-state index in [0.29, 0.717) is 44.2 Å². The van der Waals surface area contributed by atoms with Crippen molar-refractivity contribution < 1.29 is 34.0 Å². The number of piperidine rings is 1. The van der Waals surface area contributed by atoms with Crippen molar-refractivity contribution in [2.45, 2.75) is 89.1 Å². The van der Waals surface area contributed by atoms with E-state index < -0.39 is 30.4 Å². The predicted molar refractivity (Wildman–Crippen MR) is 150 cm³/mol. The molecule has 1 aliphatic carbocycles. The molecule has 228 valence electrons. The quantitative estimate of drug-likeness (QED) is 0.362. The van der Waals surface area contributed by atoms with Gasteiger partial charge in [-0.1, -0.05) is 19.8 Å². The first-order chi connectivity index (χ1) is 20.4. The molecule has 5 N–H and O–H groups in total. The van der Waals surface area contributed by atoms with Crippen LogP contribution in [-0.4, -0.2) is 103 Å². The second-order valence-electron chi connectivity index (χ2n) is 10.8. The number of hydrogen-bond donors (Lipinski definition) is 4. The summed E-state index contributed by atoms with van der Waals surface area (Å²) < 4.78 is 18.0. The lowest BCUT2D eigenvalue weighted by molar-refractivity contribution is -0.137. The number of aromatic nitrogens is 4. The Balaban J connectivity index is 0.00000173. The number of fused-ring (bicyclic) bond motifs is 1. The zero-order valence-electron chi connectivity index (χ0n) is 23.9. The van der Waals surface area contributed by atoms with Gasteiger partial charge in [0, 0.05) is 32.0 Å². The average molecular weight is 586 g/mol. The number of amides is 2. The largest absolute Gasteiger partial charge is 0.444 e. The number of nitrogen functional groups attached to an aromatic ring is 1. The summed E-state index contributed by atoms with van der Waals surface area (Å²) in [6.45, 7) is 6.32. The molecule has 5 atom stereocenters. The number of nitrogens with one attached hydrogen (secondary N) is 1. The van der Waals surface area contributed by atoms with Crippen molar-refractivity contribution in [1.82, 2.24) is 29.7 Å². The molecule has 5 heterocycles. The molecule has 0 aromatic carbocycles. The molecule has 3 aliphatic heterocycles. The summed E-state index contributed by atoms with van der Waals surface area (Å²) in [5.74, 6) is 6.24. The third kappa shape index (κ3) is 6.59. The number of carbonyl (C=O) groups is 2. The molecule has 42 heavy (non-hydrogen) atoms. The van der Waals surface area contributed by atoms with Gasteiger partial charge < -0.3 is 40.4 Å². The third-order valence-corrected chi connectivity index (χ3v) is 7.76. The fourth-order valence-corrected chi connectivity index (χ4v) is 5.21. The molecule has 2 aromatic heterocycles. The fraction of sp³-hybridized carbons (Fsp3) is 0.679. The molecule has 1 saturated carbocycles. The van der Waals surface area contributed by atoms with E-state index in [2.05, 4.69) is 32.1 Å². The maximum Gasteiger partial charge on any atom is 0.410 e. The molecule has 14 heteroatoms. The summed E-state index contributed by atoms with van der Waals surface area (Å²) in [6.07, 6.45) is 0.581. The van der Waals surface area contributed by atoms with Gasteiger partial charge in [0.15, 0.2) is 23.8 Å².